The molecule has 0 radical (unpaired) electrons. The number of rotatable bonds is 6. The Bertz CT molecular complexity index is 1670. The lowest BCUT2D eigenvalue weighted by Crippen LogP contribution is -2.25. The van der Waals surface area contributed by atoms with Gasteiger partial charge >= 0.3 is 6.11 Å². The topological polar surface area (TPSA) is 18.5 Å². The molecule has 42 heavy (non-hydrogen) atoms. The van der Waals surface area contributed by atoms with E-state index in [2.05, 4.69) is 4.74 Å². The molecule has 0 heterocycles. The van der Waals surface area contributed by atoms with E-state index in [0.717, 1.165) is 12.1 Å². The van der Waals surface area contributed by atoms with Crippen molar-refractivity contribution >= 4 is 11.6 Å². The second-order valence-electron chi connectivity index (χ2n) is 8.39. The van der Waals surface area contributed by atoms with E-state index < -0.39 is 86.2 Å². The number of hydrogen-bond donors (Lipinski definition) is 0. The minimum Gasteiger partial charge on any atom is -0.494 e. The van der Waals surface area contributed by atoms with E-state index in [1.54, 1.807) is 6.92 Å². The first-order valence-electron chi connectivity index (χ1n) is 11.6. The summed E-state index contributed by atoms with van der Waals surface area (Å²) < 4.78 is 152. The van der Waals surface area contributed by atoms with Crippen molar-refractivity contribution in [3.05, 3.63) is 117 Å². The van der Waals surface area contributed by atoms with Gasteiger partial charge in [0.2, 0.25) is 0 Å². The van der Waals surface area contributed by atoms with Crippen LogP contribution in [-0.4, -0.2) is 6.61 Å². The fourth-order valence-corrected chi connectivity index (χ4v) is 4.07. The van der Waals surface area contributed by atoms with E-state index in [1.807, 2.05) is 11.8 Å². The molecule has 4 rings (SSSR count). The number of ether oxygens (including phenoxy) is 2. The fraction of sp³-hybridized carbons (Fsp3) is 0.103. The Morgan fingerprint density at radius 1 is 0.667 bits per heavy atom. The molecule has 0 bridgehead atoms. The van der Waals surface area contributed by atoms with Crippen LogP contribution in [0.3, 0.4) is 0 Å². The normalized spacial score (nSPS) is 11.2. The van der Waals surface area contributed by atoms with Crippen molar-refractivity contribution in [2.75, 3.05) is 6.61 Å². The van der Waals surface area contributed by atoms with E-state index in [4.69, 9.17) is 16.3 Å². The summed E-state index contributed by atoms with van der Waals surface area (Å²) in [6, 6.07) is 4.08. The monoisotopic (exact) mass is 618 g/mol. The summed E-state index contributed by atoms with van der Waals surface area (Å²) in [5, 5.41) is -0.336. The average molecular weight is 619 g/mol. The van der Waals surface area contributed by atoms with E-state index in [0.29, 0.717) is 24.3 Å². The summed E-state index contributed by atoms with van der Waals surface area (Å²) in [6.45, 7) is 1.77. The lowest BCUT2D eigenvalue weighted by atomic mass is 10.0. The van der Waals surface area contributed by atoms with Gasteiger partial charge in [-0.15, -0.1) is 0 Å². The molecule has 0 aliphatic heterocycles. The first-order chi connectivity index (χ1) is 19.7. The van der Waals surface area contributed by atoms with E-state index in [-0.39, 0.29) is 29.5 Å². The molecule has 0 amide bonds. The van der Waals surface area contributed by atoms with Crippen LogP contribution in [0, 0.1) is 58.4 Å². The van der Waals surface area contributed by atoms with Gasteiger partial charge in [0.1, 0.15) is 46.1 Å². The molecule has 4 aromatic rings. The lowest BCUT2D eigenvalue weighted by molar-refractivity contribution is -0.189. The zero-order valence-electron chi connectivity index (χ0n) is 20.8. The van der Waals surface area contributed by atoms with Gasteiger partial charge in [0, 0.05) is 29.3 Å². The van der Waals surface area contributed by atoms with Crippen LogP contribution in [0.2, 0.25) is 5.02 Å². The van der Waals surface area contributed by atoms with Crippen LogP contribution in [0.1, 0.15) is 23.6 Å². The van der Waals surface area contributed by atoms with Crippen molar-refractivity contribution < 1.29 is 53.4 Å². The molecule has 0 spiro atoms. The maximum Gasteiger partial charge on any atom is 0.432 e. The maximum absolute atomic E-state index is 14.8. The van der Waals surface area contributed by atoms with Gasteiger partial charge in [-0.1, -0.05) is 23.4 Å². The van der Waals surface area contributed by atoms with Crippen LogP contribution in [0.5, 0.6) is 11.5 Å². The molecule has 0 aliphatic rings. The van der Waals surface area contributed by atoms with Crippen LogP contribution < -0.4 is 9.47 Å². The van der Waals surface area contributed by atoms with Crippen molar-refractivity contribution in [2.45, 2.75) is 13.0 Å². The molecule has 13 heteroatoms. The van der Waals surface area contributed by atoms with E-state index in [1.165, 1.54) is 0 Å². The first kappa shape index (κ1) is 30.6. The molecule has 218 valence electrons. The largest absolute Gasteiger partial charge is 0.494 e. The predicted molar refractivity (Wildman–Crippen MR) is 131 cm³/mol. The SMILES string of the molecule is CCOc1cc(F)c(-c2cc(F)c(C(F)(F)Oc3cc(F)c(C#Cc4cc(F)c(F)c(F)c4)c(F)c3)c(F)c2)c(Cl)c1. The van der Waals surface area contributed by atoms with Gasteiger partial charge in [0.25, 0.3) is 0 Å². The van der Waals surface area contributed by atoms with E-state index >= 15 is 0 Å². The molecule has 0 saturated carbocycles. The third-order valence-corrected chi connectivity index (χ3v) is 5.82. The molecule has 0 N–H and O–H groups in total. The second-order valence-corrected chi connectivity index (χ2v) is 8.80. The highest BCUT2D eigenvalue weighted by molar-refractivity contribution is 6.33. The smallest absolute Gasteiger partial charge is 0.432 e. The Balaban J connectivity index is 1.64. The number of benzene rings is 4. The van der Waals surface area contributed by atoms with Gasteiger partial charge in [-0.25, -0.2) is 35.1 Å². The molecule has 0 unspecified atom stereocenters. The van der Waals surface area contributed by atoms with Crippen LogP contribution >= 0.6 is 11.6 Å². The summed E-state index contributed by atoms with van der Waals surface area (Å²) in [5.74, 6) is -10.4. The minimum atomic E-state index is -4.84. The van der Waals surface area contributed by atoms with Gasteiger partial charge in [-0.05, 0) is 42.8 Å². The number of hydrogen-bond acceptors (Lipinski definition) is 2. The second kappa shape index (κ2) is 11.9. The van der Waals surface area contributed by atoms with Crippen molar-refractivity contribution in [1.82, 2.24) is 0 Å². The molecule has 0 fully saturated rings. The van der Waals surface area contributed by atoms with Crippen molar-refractivity contribution in [3.8, 4) is 34.5 Å². The summed E-state index contributed by atoms with van der Waals surface area (Å²) in [5.41, 5.74) is -4.57. The first-order valence-corrected chi connectivity index (χ1v) is 11.9. The molecule has 0 saturated heterocycles. The Morgan fingerprint density at radius 2 is 1.21 bits per heavy atom. The quantitative estimate of drug-likeness (QED) is 0.122. The molecule has 0 atom stereocenters. The third kappa shape index (κ3) is 6.26. The number of alkyl halides is 2. The molecule has 4 aromatic carbocycles. The van der Waals surface area contributed by atoms with Gasteiger partial charge < -0.3 is 9.47 Å². The molecule has 0 aliphatic carbocycles. The van der Waals surface area contributed by atoms with Crippen molar-refractivity contribution in [2.24, 2.45) is 0 Å². The zero-order valence-corrected chi connectivity index (χ0v) is 21.6. The van der Waals surface area contributed by atoms with Crippen LogP contribution in [0.15, 0.2) is 48.5 Å². The Kier molecular flexibility index (Phi) is 8.63. The van der Waals surface area contributed by atoms with Gasteiger partial charge in [0.15, 0.2) is 17.5 Å². The summed E-state index contributed by atoms with van der Waals surface area (Å²) in [4.78, 5) is 0. The lowest BCUT2D eigenvalue weighted by Gasteiger charge is -2.20. The Morgan fingerprint density at radius 3 is 1.74 bits per heavy atom. The molecule has 2 nitrogen and oxygen atoms in total. The highest BCUT2D eigenvalue weighted by atomic mass is 35.5. The van der Waals surface area contributed by atoms with Crippen LogP contribution in [0.4, 0.5) is 43.9 Å². The highest BCUT2D eigenvalue weighted by Gasteiger charge is 2.41. The Labute approximate surface area is 236 Å². The van der Waals surface area contributed by atoms with Gasteiger partial charge in [0.05, 0.1) is 17.2 Å². The number of halogens is 11. The third-order valence-electron chi connectivity index (χ3n) is 5.53. The van der Waals surface area contributed by atoms with Gasteiger partial charge in [-0.3, -0.25) is 0 Å². The van der Waals surface area contributed by atoms with E-state index in [9.17, 15) is 43.9 Å². The van der Waals surface area contributed by atoms with Crippen LogP contribution in [-0.2, 0) is 6.11 Å². The standard InChI is InChI=1S/C29H13ClF10O2/c1-2-41-15-9-18(30)26(21(33)10-15)14-7-22(34)27(23(35)8-14)29(39,40)42-16-11-19(31)17(20(32)12-16)4-3-13-5-24(36)28(38)25(37)6-13/h5-12H,2H2,1H3. The summed E-state index contributed by atoms with van der Waals surface area (Å²) in [6.07, 6.45) is -4.84. The predicted octanol–water partition coefficient (Wildman–Crippen LogP) is 9.05. The molecule has 0 aromatic heterocycles. The van der Waals surface area contributed by atoms with Crippen molar-refractivity contribution in [3.63, 3.8) is 0 Å². The zero-order chi connectivity index (χ0) is 30.9. The average Bonchev–Trinajstić information content (AvgIpc) is 2.85. The highest BCUT2D eigenvalue weighted by Crippen LogP contribution is 2.40. The maximum atomic E-state index is 14.8. The minimum absolute atomic E-state index is 0.0101. The van der Waals surface area contributed by atoms with Crippen LogP contribution in [0.25, 0.3) is 11.1 Å². The molecular formula is C29H13ClF10O2. The Hall–Kier alpha value is -4.37. The van der Waals surface area contributed by atoms with Gasteiger partial charge in [-0.2, -0.15) is 8.78 Å². The summed E-state index contributed by atoms with van der Waals surface area (Å²) in [7, 11) is 0. The molecular weight excluding hydrogens is 606 g/mol. The summed E-state index contributed by atoms with van der Waals surface area (Å²) >= 11 is 6.00. The van der Waals surface area contributed by atoms with Crippen molar-refractivity contribution in [1.29, 1.82) is 0 Å². The fourth-order valence-electron chi connectivity index (χ4n) is 3.76.